The minimum absolute atomic E-state index is 0.184. The molecule has 0 aromatic heterocycles. The lowest BCUT2D eigenvalue weighted by Gasteiger charge is -2.07. The maximum Gasteiger partial charge on any atom is 0.183 e. The van der Waals surface area contributed by atoms with Gasteiger partial charge in [0, 0.05) is 15.2 Å². The number of nitrogens with one attached hydrogen (secondary N) is 1. The summed E-state index contributed by atoms with van der Waals surface area (Å²) in [5.41, 5.74) is 0.513. The SMILES string of the molecule is CSC(=Nc1c(Br)cc(S(C)(=O)=O)cc1Br)NC#N. The molecule has 1 N–H and O–H groups in total. The van der Waals surface area contributed by atoms with Gasteiger partial charge in [0.2, 0.25) is 0 Å². The third-order valence-electron chi connectivity index (χ3n) is 1.99. The van der Waals surface area contributed by atoms with Crippen molar-refractivity contribution in [3.8, 4) is 6.19 Å². The fraction of sp³-hybridized carbons (Fsp3) is 0.200. The van der Waals surface area contributed by atoms with Crippen LogP contribution in [-0.2, 0) is 9.84 Å². The van der Waals surface area contributed by atoms with E-state index in [-0.39, 0.29) is 4.90 Å². The zero-order valence-corrected chi connectivity index (χ0v) is 14.7. The summed E-state index contributed by atoms with van der Waals surface area (Å²) in [6.07, 6.45) is 4.69. The molecule has 0 amide bonds. The van der Waals surface area contributed by atoms with Gasteiger partial charge in [0.1, 0.15) is 0 Å². The van der Waals surface area contributed by atoms with Crippen molar-refractivity contribution in [1.82, 2.24) is 5.32 Å². The van der Waals surface area contributed by atoms with Crippen LogP contribution in [0.2, 0.25) is 0 Å². The van der Waals surface area contributed by atoms with Crippen LogP contribution in [-0.4, -0.2) is 26.1 Å². The van der Waals surface area contributed by atoms with Gasteiger partial charge in [-0.05, 0) is 50.2 Å². The maximum absolute atomic E-state index is 11.5. The molecule has 9 heteroatoms. The maximum atomic E-state index is 11.5. The van der Waals surface area contributed by atoms with Crippen LogP contribution in [0.4, 0.5) is 5.69 Å². The first-order valence-electron chi connectivity index (χ1n) is 4.76. The molecule has 1 rings (SSSR count). The second kappa shape index (κ2) is 6.74. The Hall–Kier alpha value is -0.560. The first kappa shape index (κ1) is 16.5. The molecule has 0 radical (unpaired) electrons. The Morgan fingerprint density at radius 3 is 2.32 bits per heavy atom. The van der Waals surface area contributed by atoms with Crippen LogP contribution in [0.25, 0.3) is 0 Å². The molecule has 0 aliphatic carbocycles. The Labute approximate surface area is 132 Å². The smallest absolute Gasteiger partial charge is 0.183 e. The number of nitriles is 1. The normalized spacial score (nSPS) is 12.1. The summed E-state index contributed by atoms with van der Waals surface area (Å²) in [4.78, 5) is 4.43. The summed E-state index contributed by atoms with van der Waals surface area (Å²) in [5.74, 6) is 0. The Morgan fingerprint density at radius 2 is 1.95 bits per heavy atom. The predicted molar refractivity (Wildman–Crippen MR) is 84.3 cm³/mol. The van der Waals surface area contributed by atoms with E-state index in [2.05, 4.69) is 42.2 Å². The van der Waals surface area contributed by atoms with E-state index in [0.717, 1.165) is 6.26 Å². The highest BCUT2D eigenvalue weighted by Gasteiger charge is 2.14. The van der Waals surface area contributed by atoms with E-state index in [1.54, 1.807) is 12.4 Å². The lowest BCUT2D eigenvalue weighted by atomic mass is 10.3. The first-order chi connectivity index (χ1) is 8.79. The van der Waals surface area contributed by atoms with Gasteiger partial charge in [-0.2, -0.15) is 5.26 Å². The monoisotopic (exact) mass is 425 g/mol. The summed E-state index contributed by atoms with van der Waals surface area (Å²) < 4.78 is 24.0. The Morgan fingerprint density at radius 1 is 1.42 bits per heavy atom. The minimum Gasteiger partial charge on any atom is -0.271 e. The molecule has 0 saturated carbocycles. The molecule has 0 aliphatic heterocycles. The highest BCUT2D eigenvalue weighted by Crippen LogP contribution is 2.36. The Balaban J connectivity index is 3.37. The predicted octanol–water partition coefficient (Wildman–Crippen LogP) is 3.04. The topological polar surface area (TPSA) is 82.3 Å². The largest absolute Gasteiger partial charge is 0.271 e. The number of hydrogen-bond donors (Lipinski definition) is 1. The van der Waals surface area contributed by atoms with E-state index in [0.29, 0.717) is 19.8 Å². The zero-order chi connectivity index (χ0) is 14.6. The van der Waals surface area contributed by atoms with Crippen LogP contribution in [0.3, 0.4) is 0 Å². The molecule has 0 atom stereocenters. The van der Waals surface area contributed by atoms with E-state index in [9.17, 15) is 8.42 Å². The highest BCUT2D eigenvalue weighted by atomic mass is 79.9. The summed E-state index contributed by atoms with van der Waals surface area (Å²) in [6.45, 7) is 0. The molecule has 0 bridgehead atoms. The molecule has 102 valence electrons. The van der Waals surface area contributed by atoms with Gasteiger partial charge in [-0.3, -0.25) is 5.32 Å². The van der Waals surface area contributed by atoms with E-state index >= 15 is 0 Å². The molecule has 5 nitrogen and oxygen atoms in total. The van der Waals surface area contributed by atoms with E-state index in [1.165, 1.54) is 23.9 Å². The van der Waals surface area contributed by atoms with Crippen LogP contribution >= 0.6 is 43.6 Å². The molecule has 1 aromatic rings. The number of sulfone groups is 1. The van der Waals surface area contributed by atoms with E-state index in [4.69, 9.17) is 5.26 Å². The third kappa shape index (κ3) is 4.49. The number of halogens is 2. The number of benzene rings is 1. The molecular formula is C10H9Br2N3O2S2. The number of amidine groups is 1. The lowest BCUT2D eigenvalue weighted by molar-refractivity contribution is 0.602. The van der Waals surface area contributed by atoms with Crippen molar-refractivity contribution < 1.29 is 8.42 Å². The second-order valence-electron chi connectivity index (χ2n) is 3.37. The van der Waals surface area contributed by atoms with Crippen LogP contribution < -0.4 is 5.32 Å². The van der Waals surface area contributed by atoms with Crippen molar-refractivity contribution in [2.45, 2.75) is 4.90 Å². The standard InChI is InChI=1S/C10H9Br2N3O2S2/c1-18-10(14-5-13)15-9-7(11)3-6(4-8(9)12)19(2,16)17/h3-4H,1-2H3,(H,14,15). The van der Waals surface area contributed by atoms with Crippen LogP contribution in [0.15, 0.2) is 31.0 Å². The average molecular weight is 427 g/mol. The second-order valence-corrected chi connectivity index (χ2v) is 7.88. The van der Waals surface area contributed by atoms with Crippen molar-refractivity contribution >= 4 is 64.3 Å². The van der Waals surface area contributed by atoms with Gasteiger partial charge in [-0.15, -0.1) is 0 Å². The van der Waals surface area contributed by atoms with E-state index < -0.39 is 9.84 Å². The van der Waals surface area contributed by atoms with Gasteiger partial charge in [-0.1, -0.05) is 11.8 Å². The molecule has 0 heterocycles. The van der Waals surface area contributed by atoms with Crippen molar-refractivity contribution in [2.75, 3.05) is 12.5 Å². The van der Waals surface area contributed by atoms with Crippen LogP contribution in [0.1, 0.15) is 0 Å². The van der Waals surface area contributed by atoms with Gasteiger partial charge in [0.05, 0.1) is 10.6 Å². The van der Waals surface area contributed by atoms with Gasteiger partial charge in [0.15, 0.2) is 21.2 Å². The van der Waals surface area contributed by atoms with Crippen LogP contribution in [0, 0.1) is 11.5 Å². The molecular weight excluding hydrogens is 418 g/mol. The summed E-state index contributed by atoms with van der Waals surface area (Å²) in [5, 5.41) is 11.4. The number of hydrogen-bond acceptors (Lipinski definition) is 5. The van der Waals surface area contributed by atoms with Crippen molar-refractivity contribution in [1.29, 1.82) is 5.26 Å². The molecule has 0 fully saturated rings. The Kier molecular flexibility index (Phi) is 5.85. The molecule has 19 heavy (non-hydrogen) atoms. The van der Waals surface area contributed by atoms with Crippen LogP contribution in [0.5, 0.6) is 0 Å². The van der Waals surface area contributed by atoms with E-state index in [1.807, 2.05) is 0 Å². The summed E-state index contributed by atoms with van der Waals surface area (Å²) in [6, 6.07) is 2.95. The third-order valence-corrected chi connectivity index (χ3v) is 4.87. The number of aliphatic imine (C=N–C) groups is 1. The highest BCUT2D eigenvalue weighted by molar-refractivity contribution is 9.11. The first-order valence-corrected chi connectivity index (χ1v) is 9.46. The Bertz CT molecular complexity index is 643. The quantitative estimate of drug-likeness (QED) is 0.340. The van der Waals surface area contributed by atoms with Crippen molar-refractivity contribution in [2.24, 2.45) is 4.99 Å². The molecule has 1 aromatic carbocycles. The van der Waals surface area contributed by atoms with Crippen molar-refractivity contribution in [3.05, 3.63) is 21.1 Å². The fourth-order valence-corrected chi connectivity index (χ4v) is 3.80. The molecule has 0 spiro atoms. The summed E-state index contributed by atoms with van der Waals surface area (Å²) in [7, 11) is -3.29. The number of nitrogens with zero attached hydrogens (tertiary/aromatic N) is 2. The van der Waals surface area contributed by atoms with Gasteiger partial charge < -0.3 is 0 Å². The molecule has 0 saturated heterocycles. The number of rotatable bonds is 2. The van der Waals surface area contributed by atoms with Gasteiger partial charge in [-0.25, -0.2) is 13.4 Å². The number of thioether (sulfide) groups is 1. The minimum atomic E-state index is -3.29. The molecule has 0 aliphatic rings. The van der Waals surface area contributed by atoms with Crippen molar-refractivity contribution in [3.63, 3.8) is 0 Å². The zero-order valence-electron chi connectivity index (χ0n) is 9.94. The van der Waals surface area contributed by atoms with Gasteiger partial charge in [0.25, 0.3) is 0 Å². The average Bonchev–Trinajstić information content (AvgIpc) is 2.30. The lowest BCUT2D eigenvalue weighted by Crippen LogP contribution is -2.12. The fourth-order valence-electron chi connectivity index (χ4n) is 1.14. The molecule has 0 unspecified atom stereocenters. The summed E-state index contributed by atoms with van der Waals surface area (Å²) >= 11 is 7.83. The van der Waals surface area contributed by atoms with Gasteiger partial charge >= 0.3 is 0 Å².